The van der Waals surface area contributed by atoms with Crippen LogP contribution in [0.1, 0.15) is 5.56 Å². The van der Waals surface area contributed by atoms with E-state index in [-0.39, 0.29) is 18.5 Å². The number of carbonyl (C=O) groups is 1. The standard InChI is InChI=1S/C16H22N2O4S2/c1-18(2)7-6-12-10-17-13-4-3-5-14(15(12)13)22-16(20)24-23-11-21-9-8-19/h3-5,10,17,19H,6-9,11H2,1-2H3. The van der Waals surface area contributed by atoms with Crippen molar-refractivity contribution in [1.29, 1.82) is 0 Å². The van der Waals surface area contributed by atoms with Gasteiger partial charge in [0.1, 0.15) is 11.7 Å². The minimum absolute atomic E-state index is 0.0269. The third-order valence-electron chi connectivity index (χ3n) is 3.26. The molecule has 0 saturated heterocycles. The van der Waals surface area contributed by atoms with Gasteiger partial charge in [-0.05, 0) is 38.2 Å². The quantitative estimate of drug-likeness (QED) is 0.304. The summed E-state index contributed by atoms with van der Waals surface area (Å²) in [4.78, 5) is 17.3. The molecule has 0 radical (unpaired) electrons. The number of nitrogens with zero attached hydrogens (tertiary/aromatic N) is 1. The number of ether oxygens (including phenoxy) is 2. The van der Waals surface area contributed by atoms with Gasteiger partial charge in [0.2, 0.25) is 0 Å². The summed E-state index contributed by atoms with van der Waals surface area (Å²) in [6.45, 7) is 1.16. The highest BCUT2D eigenvalue weighted by Crippen LogP contribution is 2.32. The maximum absolute atomic E-state index is 12.0. The van der Waals surface area contributed by atoms with E-state index < -0.39 is 0 Å². The highest BCUT2D eigenvalue weighted by atomic mass is 33.1. The maximum Gasteiger partial charge on any atom is 0.383 e. The van der Waals surface area contributed by atoms with Crippen molar-refractivity contribution in [3.05, 3.63) is 30.0 Å². The molecule has 0 fully saturated rings. The Balaban J connectivity index is 2.00. The first-order valence-corrected chi connectivity index (χ1v) is 9.87. The summed E-state index contributed by atoms with van der Waals surface area (Å²) in [5.74, 6) is 0.889. The number of aromatic amines is 1. The van der Waals surface area contributed by atoms with Crippen LogP contribution in [0.15, 0.2) is 24.4 Å². The molecular weight excluding hydrogens is 348 g/mol. The van der Waals surface area contributed by atoms with Crippen LogP contribution in [0.25, 0.3) is 10.9 Å². The Morgan fingerprint density at radius 1 is 1.38 bits per heavy atom. The number of benzene rings is 1. The van der Waals surface area contributed by atoms with Crippen molar-refractivity contribution in [2.45, 2.75) is 6.42 Å². The van der Waals surface area contributed by atoms with E-state index >= 15 is 0 Å². The van der Waals surface area contributed by atoms with E-state index in [0.717, 1.165) is 40.2 Å². The van der Waals surface area contributed by atoms with E-state index in [0.29, 0.717) is 11.7 Å². The second kappa shape index (κ2) is 9.95. The summed E-state index contributed by atoms with van der Waals surface area (Å²) in [5.41, 5.74) is 2.09. The van der Waals surface area contributed by atoms with Gasteiger partial charge >= 0.3 is 5.30 Å². The smallest absolute Gasteiger partial charge is 0.383 e. The maximum atomic E-state index is 12.0. The predicted octanol–water partition coefficient (Wildman–Crippen LogP) is 3.12. The molecule has 0 saturated carbocycles. The summed E-state index contributed by atoms with van der Waals surface area (Å²) < 4.78 is 10.6. The first kappa shape index (κ1) is 19.1. The number of likely N-dealkylation sites (N-methyl/N-ethyl adjacent to an activating group) is 1. The number of H-pyrrole nitrogens is 1. The van der Waals surface area contributed by atoms with Crippen molar-refractivity contribution < 1.29 is 19.4 Å². The van der Waals surface area contributed by atoms with Crippen molar-refractivity contribution in [3.63, 3.8) is 0 Å². The fourth-order valence-electron chi connectivity index (χ4n) is 2.18. The van der Waals surface area contributed by atoms with Crippen LogP contribution < -0.4 is 4.74 Å². The third kappa shape index (κ3) is 5.71. The average molecular weight is 370 g/mol. The second-order valence-electron chi connectivity index (χ2n) is 5.35. The molecule has 132 valence electrons. The minimum Gasteiger partial charge on any atom is -0.417 e. The number of aliphatic hydroxyl groups excluding tert-OH is 1. The molecular formula is C16H22N2O4S2. The van der Waals surface area contributed by atoms with Crippen molar-refractivity contribution in [2.75, 3.05) is 39.8 Å². The van der Waals surface area contributed by atoms with Gasteiger partial charge in [0, 0.05) is 34.4 Å². The van der Waals surface area contributed by atoms with Gasteiger partial charge in [0.05, 0.1) is 13.2 Å². The van der Waals surface area contributed by atoms with E-state index in [1.807, 2.05) is 32.4 Å². The third-order valence-corrected chi connectivity index (χ3v) is 4.92. The van der Waals surface area contributed by atoms with Gasteiger partial charge in [-0.2, -0.15) is 0 Å². The summed E-state index contributed by atoms with van der Waals surface area (Å²) in [6, 6.07) is 5.64. The Labute approximate surface area is 149 Å². The van der Waals surface area contributed by atoms with Gasteiger partial charge in [-0.1, -0.05) is 16.9 Å². The Bertz CT molecular complexity index is 661. The lowest BCUT2D eigenvalue weighted by atomic mass is 10.1. The highest BCUT2D eigenvalue weighted by Gasteiger charge is 2.13. The zero-order valence-corrected chi connectivity index (χ0v) is 15.4. The van der Waals surface area contributed by atoms with Gasteiger partial charge in [0.15, 0.2) is 0 Å². The van der Waals surface area contributed by atoms with E-state index in [2.05, 4.69) is 9.88 Å². The topological polar surface area (TPSA) is 74.8 Å². The molecule has 1 aromatic carbocycles. The summed E-state index contributed by atoms with van der Waals surface area (Å²) >= 11 is 0. The average Bonchev–Trinajstić information content (AvgIpc) is 2.97. The first-order chi connectivity index (χ1) is 11.6. The van der Waals surface area contributed by atoms with Crippen molar-refractivity contribution >= 4 is 37.8 Å². The Morgan fingerprint density at radius 2 is 2.21 bits per heavy atom. The molecule has 24 heavy (non-hydrogen) atoms. The Hall–Kier alpha value is -1.19. The van der Waals surface area contributed by atoms with Crippen LogP contribution in [0.2, 0.25) is 0 Å². The number of rotatable bonds is 9. The Morgan fingerprint density at radius 3 is 2.96 bits per heavy atom. The fraction of sp³-hybridized carbons (Fsp3) is 0.438. The molecule has 0 unspecified atom stereocenters. The molecule has 0 atom stereocenters. The van der Waals surface area contributed by atoms with Crippen LogP contribution in [0.3, 0.4) is 0 Å². The van der Waals surface area contributed by atoms with E-state index in [9.17, 15) is 4.79 Å². The van der Waals surface area contributed by atoms with Crippen LogP contribution >= 0.6 is 21.6 Å². The highest BCUT2D eigenvalue weighted by molar-refractivity contribution is 8.82. The summed E-state index contributed by atoms with van der Waals surface area (Å²) in [7, 11) is 6.29. The molecule has 1 aromatic heterocycles. The largest absolute Gasteiger partial charge is 0.417 e. The van der Waals surface area contributed by atoms with Crippen molar-refractivity contribution in [2.24, 2.45) is 0 Å². The SMILES string of the molecule is CN(C)CCc1c[nH]c2cccc(OC(=O)SSCOCCO)c12. The van der Waals surface area contributed by atoms with Gasteiger partial charge in [-0.15, -0.1) is 0 Å². The Kier molecular flexibility index (Phi) is 7.93. The van der Waals surface area contributed by atoms with Crippen LogP contribution in [-0.2, 0) is 11.2 Å². The molecule has 6 nitrogen and oxygen atoms in total. The summed E-state index contributed by atoms with van der Waals surface area (Å²) in [5, 5.41) is 9.18. The normalized spacial score (nSPS) is 11.3. The molecule has 0 amide bonds. The van der Waals surface area contributed by atoms with Crippen molar-refractivity contribution in [3.8, 4) is 5.75 Å². The van der Waals surface area contributed by atoms with Crippen molar-refractivity contribution in [1.82, 2.24) is 9.88 Å². The van der Waals surface area contributed by atoms with E-state index in [1.165, 1.54) is 10.8 Å². The molecule has 0 spiro atoms. The van der Waals surface area contributed by atoms with Crippen LogP contribution in [0.5, 0.6) is 5.75 Å². The molecule has 0 aliphatic rings. The predicted molar refractivity (Wildman–Crippen MR) is 99.7 cm³/mol. The number of aromatic nitrogens is 1. The zero-order valence-electron chi connectivity index (χ0n) is 13.8. The monoisotopic (exact) mass is 370 g/mol. The van der Waals surface area contributed by atoms with Crippen LogP contribution in [-0.4, -0.2) is 60.1 Å². The van der Waals surface area contributed by atoms with Gasteiger partial charge < -0.3 is 24.5 Å². The lowest BCUT2D eigenvalue weighted by molar-refractivity contribution is 0.126. The molecule has 8 heteroatoms. The number of fused-ring (bicyclic) bond motifs is 1. The van der Waals surface area contributed by atoms with Crippen LogP contribution in [0.4, 0.5) is 4.79 Å². The van der Waals surface area contributed by atoms with Gasteiger partial charge in [-0.3, -0.25) is 0 Å². The van der Waals surface area contributed by atoms with Crippen LogP contribution in [0, 0.1) is 0 Å². The molecule has 0 bridgehead atoms. The lowest BCUT2D eigenvalue weighted by Crippen LogP contribution is -2.14. The minimum atomic E-state index is -0.389. The molecule has 2 N–H and O–H groups in total. The lowest BCUT2D eigenvalue weighted by Gasteiger charge is -2.10. The molecule has 2 aromatic rings. The fourth-order valence-corrected chi connectivity index (χ4v) is 3.38. The molecule has 2 rings (SSSR count). The zero-order chi connectivity index (χ0) is 17.4. The molecule has 1 heterocycles. The number of hydrogen-bond donors (Lipinski definition) is 2. The number of aliphatic hydroxyl groups is 1. The second-order valence-corrected chi connectivity index (χ2v) is 7.53. The van der Waals surface area contributed by atoms with Gasteiger partial charge in [-0.25, -0.2) is 4.79 Å². The van der Waals surface area contributed by atoms with Gasteiger partial charge in [0.25, 0.3) is 0 Å². The number of nitrogens with one attached hydrogen (secondary N) is 1. The first-order valence-electron chi connectivity index (χ1n) is 7.55. The number of hydrogen-bond acceptors (Lipinski definition) is 7. The van der Waals surface area contributed by atoms with E-state index in [1.54, 1.807) is 6.07 Å². The molecule has 0 aliphatic heterocycles. The number of carbonyl (C=O) groups excluding carboxylic acids is 1. The summed E-state index contributed by atoms with van der Waals surface area (Å²) in [6.07, 6.45) is 2.84. The molecule has 0 aliphatic carbocycles. The van der Waals surface area contributed by atoms with E-state index in [4.69, 9.17) is 14.6 Å².